The van der Waals surface area contributed by atoms with E-state index < -0.39 is 0 Å². The van der Waals surface area contributed by atoms with Gasteiger partial charge in [0.05, 0.1) is 6.04 Å². The highest BCUT2D eigenvalue weighted by atomic mass is 16.2. The molecule has 3 heteroatoms. The summed E-state index contributed by atoms with van der Waals surface area (Å²) in [7, 11) is 0. The third-order valence-electron chi connectivity index (χ3n) is 4.78. The summed E-state index contributed by atoms with van der Waals surface area (Å²) in [6, 6.07) is 19.5. The molecule has 1 atom stereocenters. The quantitative estimate of drug-likeness (QED) is 0.759. The average molecular weight is 347 g/mol. The van der Waals surface area contributed by atoms with Crippen molar-refractivity contribution < 1.29 is 9.59 Å². The van der Waals surface area contributed by atoms with Crippen molar-refractivity contribution in [3.8, 4) is 0 Å². The normalized spacial score (nSPS) is 17.3. The number of amides is 1. The Labute approximate surface area is 155 Å². The van der Waals surface area contributed by atoms with Gasteiger partial charge in [-0.3, -0.25) is 9.59 Å². The van der Waals surface area contributed by atoms with Crippen LogP contribution in [0.3, 0.4) is 0 Å². The molecule has 0 fully saturated rings. The molecular weight excluding hydrogens is 322 g/mol. The number of nitrogens with zero attached hydrogens (tertiary/aromatic N) is 1. The highest BCUT2D eigenvalue weighted by Gasteiger charge is 2.40. The maximum atomic E-state index is 13.0. The average Bonchev–Trinajstić information content (AvgIpc) is 2.88. The van der Waals surface area contributed by atoms with E-state index in [2.05, 4.69) is 0 Å². The Morgan fingerprint density at radius 1 is 1.00 bits per heavy atom. The molecule has 0 aromatic heterocycles. The van der Waals surface area contributed by atoms with Crippen LogP contribution in [0.15, 0.2) is 71.8 Å². The fraction of sp³-hybridized carbons (Fsp3) is 0.304. The lowest BCUT2D eigenvalue weighted by atomic mass is 9.91. The van der Waals surface area contributed by atoms with E-state index in [1.54, 1.807) is 6.92 Å². The van der Waals surface area contributed by atoms with Gasteiger partial charge in [0, 0.05) is 24.1 Å². The standard InChI is InChI=1S/C23H25NO2/c1-16(2)14-20(25)21-17(3)23(26)24(15-18-10-6-4-7-11-18)22(21)19-12-8-5-9-13-19/h4-13,16,22H,14-15H2,1-3H3. The van der Waals surface area contributed by atoms with Gasteiger partial charge in [0.1, 0.15) is 0 Å². The van der Waals surface area contributed by atoms with Crippen molar-refractivity contribution in [2.75, 3.05) is 0 Å². The molecule has 0 saturated heterocycles. The summed E-state index contributed by atoms with van der Waals surface area (Å²) in [6.07, 6.45) is 0.461. The summed E-state index contributed by atoms with van der Waals surface area (Å²) < 4.78 is 0. The van der Waals surface area contributed by atoms with Crippen LogP contribution < -0.4 is 0 Å². The molecule has 1 unspecified atom stereocenters. The van der Waals surface area contributed by atoms with Gasteiger partial charge in [0.2, 0.25) is 0 Å². The minimum Gasteiger partial charge on any atom is -0.323 e. The zero-order valence-corrected chi connectivity index (χ0v) is 15.6. The number of hydrogen-bond acceptors (Lipinski definition) is 2. The summed E-state index contributed by atoms with van der Waals surface area (Å²) >= 11 is 0. The van der Waals surface area contributed by atoms with Crippen LogP contribution in [0.2, 0.25) is 0 Å². The van der Waals surface area contributed by atoms with Gasteiger partial charge in [-0.15, -0.1) is 0 Å². The number of ketones is 1. The minimum absolute atomic E-state index is 0.0465. The molecule has 3 nitrogen and oxygen atoms in total. The smallest absolute Gasteiger partial charge is 0.251 e. The van der Waals surface area contributed by atoms with Crippen LogP contribution in [-0.2, 0) is 16.1 Å². The molecule has 0 N–H and O–H groups in total. The Morgan fingerprint density at radius 3 is 2.15 bits per heavy atom. The monoisotopic (exact) mass is 347 g/mol. The Hall–Kier alpha value is -2.68. The molecule has 2 aromatic carbocycles. The fourth-order valence-corrected chi connectivity index (χ4v) is 3.58. The second-order valence-corrected chi connectivity index (χ2v) is 7.29. The molecule has 3 rings (SSSR count). The van der Waals surface area contributed by atoms with Crippen LogP contribution in [0.25, 0.3) is 0 Å². The lowest BCUT2D eigenvalue weighted by molar-refractivity contribution is -0.127. The van der Waals surface area contributed by atoms with Gasteiger partial charge in [-0.1, -0.05) is 74.5 Å². The molecule has 0 radical (unpaired) electrons. The molecule has 0 aliphatic carbocycles. The van der Waals surface area contributed by atoms with Gasteiger partial charge in [-0.2, -0.15) is 0 Å². The lowest BCUT2D eigenvalue weighted by Gasteiger charge is -2.27. The highest BCUT2D eigenvalue weighted by Crippen LogP contribution is 2.40. The van der Waals surface area contributed by atoms with E-state index in [0.717, 1.165) is 11.1 Å². The van der Waals surface area contributed by atoms with E-state index in [4.69, 9.17) is 0 Å². The van der Waals surface area contributed by atoms with Gasteiger partial charge < -0.3 is 4.90 Å². The Morgan fingerprint density at radius 2 is 1.58 bits per heavy atom. The van der Waals surface area contributed by atoms with Crippen molar-refractivity contribution in [3.63, 3.8) is 0 Å². The van der Waals surface area contributed by atoms with Crippen LogP contribution in [0.1, 0.15) is 44.4 Å². The van der Waals surface area contributed by atoms with E-state index in [1.807, 2.05) is 79.4 Å². The van der Waals surface area contributed by atoms with Gasteiger partial charge >= 0.3 is 0 Å². The third kappa shape index (κ3) is 3.62. The van der Waals surface area contributed by atoms with E-state index in [1.165, 1.54) is 0 Å². The number of carbonyl (C=O) groups excluding carboxylic acids is 2. The molecular formula is C23H25NO2. The number of rotatable bonds is 6. The third-order valence-corrected chi connectivity index (χ3v) is 4.78. The lowest BCUT2D eigenvalue weighted by Crippen LogP contribution is -2.30. The van der Waals surface area contributed by atoms with Crippen LogP contribution in [0.4, 0.5) is 0 Å². The first-order valence-electron chi connectivity index (χ1n) is 9.13. The van der Waals surface area contributed by atoms with Gasteiger partial charge in [0.15, 0.2) is 5.78 Å². The van der Waals surface area contributed by atoms with Crippen LogP contribution in [0, 0.1) is 5.92 Å². The summed E-state index contributed by atoms with van der Waals surface area (Å²) in [5, 5.41) is 0. The molecule has 0 bridgehead atoms. The predicted octanol–water partition coefficient (Wildman–Crippen LogP) is 4.70. The summed E-state index contributed by atoms with van der Waals surface area (Å²) in [6.45, 7) is 6.35. The van der Waals surface area contributed by atoms with Crippen LogP contribution >= 0.6 is 0 Å². The second kappa shape index (κ2) is 7.69. The second-order valence-electron chi connectivity index (χ2n) is 7.29. The van der Waals surface area contributed by atoms with Gasteiger partial charge in [-0.25, -0.2) is 0 Å². The summed E-state index contributed by atoms with van der Waals surface area (Å²) in [5.74, 6) is 0.294. The van der Waals surface area contributed by atoms with Crippen molar-refractivity contribution in [2.45, 2.75) is 39.8 Å². The van der Waals surface area contributed by atoms with Crippen LogP contribution in [0.5, 0.6) is 0 Å². The van der Waals surface area contributed by atoms with Crippen molar-refractivity contribution in [3.05, 3.63) is 82.9 Å². The molecule has 1 aliphatic rings. The Bertz CT molecular complexity index is 822. The minimum atomic E-state index is -0.310. The molecule has 2 aromatic rings. The van der Waals surface area contributed by atoms with Crippen molar-refractivity contribution >= 4 is 11.7 Å². The fourth-order valence-electron chi connectivity index (χ4n) is 3.58. The summed E-state index contributed by atoms with van der Waals surface area (Å²) in [5.41, 5.74) is 3.29. The number of benzene rings is 2. The molecule has 0 saturated carbocycles. The van der Waals surface area contributed by atoms with Gasteiger partial charge in [-0.05, 0) is 24.0 Å². The molecule has 26 heavy (non-hydrogen) atoms. The SMILES string of the molecule is CC1=C(C(=O)CC(C)C)C(c2ccccc2)N(Cc2ccccc2)C1=O. The van der Waals surface area contributed by atoms with Crippen LogP contribution in [-0.4, -0.2) is 16.6 Å². The molecule has 0 spiro atoms. The first-order chi connectivity index (χ1) is 12.5. The number of carbonyl (C=O) groups is 2. The van der Waals surface area contributed by atoms with Crippen molar-refractivity contribution in [2.24, 2.45) is 5.92 Å². The number of Topliss-reactive ketones (excluding diaryl/α,β-unsaturated/α-hetero) is 1. The molecule has 1 aliphatic heterocycles. The topological polar surface area (TPSA) is 37.4 Å². The maximum Gasteiger partial charge on any atom is 0.251 e. The van der Waals surface area contributed by atoms with Gasteiger partial charge in [0.25, 0.3) is 5.91 Å². The van der Waals surface area contributed by atoms with Crippen molar-refractivity contribution in [1.82, 2.24) is 4.90 Å². The zero-order valence-electron chi connectivity index (χ0n) is 15.6. The Balaban J connectivity index is 2.02. The zero-order chi connectivity index (χ0) is 18.7. The first kappa shape index (κ1) is 18.1. The predicted molar refractivity (Wildman–Crippen MR) is 103 cm³/mol. The highest BCUT2D eigenvalue weighted by molar-refractivity contribution is 6.10. The number of hydrogen-bond donors (Lipinski definition) is 0. The summed E-state index contributed by atoms with van der Waals surface area (Å²) in [4.78, 5) is 27.8. The molecule has 1 heterocycles. The van der Waals surface area contributed by atoms with Crippen molar-refractivity contribution in [1.29, 1.82) is 0 Å². The van der Waals surface area contributed by atoms with E-state index in [0.29, 0.717) is 24.1 Å². The van der Waals surface area contributed by atoms with E-state index >= 15 is 0 Å². The molecule has 134 valence electrons. The Kier molecular flexibility index (Phi) is 5.36. The maximum absolute atomic E-state index is 13.0. The van der Waals surface area contributed by atoms with E-state index in [-0.39, 0.29) is 23.7 Å². The first-order valence-corrected chi connectivity index (χ1v) is 9.13. The van der Waals surface area contributed by atoms with E-state index in [9.17, 15) is 9.59 Å². The largest absolute Gasteiger partial charge is 0.323 e. The molecule has 1 amide bonds.